The molecule has 1 heterocycles. The number of nitrogens with zero attached hydrogens (tertiary/aromatic N) is 1. The minimum atomic E-state index is -3.88. The van der Waals surface area contributed by atoms with E-state index in [9.17, 15) is 18.0 Å². The maximum Gasteiger partial charge on any atom is 0.255 e. The fourth-order valence-electron chi connectivity index (χ4n) is 3.26. The largest absolute Gasteiger partial charge is 0.495 e. The van der Waals surface area contributed by atoms with Gasteiger partial charge in [0.2, 0.25) is 10.0 Å². The molecule has 178 valence electrons. The van der Waals surface area contributed by atoms with Crippen molar-refractivity contribution in [3.63, 3.8) is 0 Å². The Morgan fingerprint density at radius 3 is 2.48 bits per heavy atom. The molecule has 9 nitrogen and oxygen atoms in total. The van der Waals surface area contributed by atoms with Gasteiger partial charge in [0.25, 0.3) is 11.8 Å². The molecule has 0 spiro atoms. The molecule has 0 radical (unpaired) electrons. The van der Waals surface area contributed by atoms with Crippen molar-refractivity contribution in [1.29, 1.82) is 0 Å². The van der Waals surface area contributed by atoms with E-state index < -0.39 is 15.9 Å². The fourth-order valence-corrected chi connectivity index (χ4v) is 5.12. The Morgan fingerprint density at radius 1 is 1.12 bits per heavy atom. The zero-order valence-electron chi connectivity index (χ0n) is 18.4. The van der Waals surface area contributed by atoms with E-state index in [0.717, 1.165) is 6.42 Å². The number of amides is 2. The summed E-state index contributed by atoms with van der Waals surface area (Å²) < 4.78 is 38.0. The number of sulfonamides is 1. The smallest absolute Gasteiger partial charge is 0.255 e. The lowest BCUT2D eigenvalue weighted by atomic mass is 10.1. The number of hydrogen-bond acceptors (Lipinski definition) is 6. The highest BCUT2D eigenvalue weighted by Gasteiger charge is 2.30. The Labute approximate surface area is 198 Å². The average molecular weight is 496 g/mol. The van der Waals surface area contributed by atoms with E-state index in [1.54, 1.807) is 6.07 Å². The summed E-state index contributed by atoms with van der Waals surface area (Å²) >= 11 is 6.22. The van der Waals surface area contributed by atoms with Crippen LogP contribution in [0.5, 0.6) is 5.75 Å². The summed E-state index contributed by atoms with van der Waals surface area (Å²) in [6.45, 7) is 3.51. The summed E-state index contributed by atoms with van der Waals surface area (Å²) in [6.07, 6.45) is 0.794. The molecule has 1 fully saturated rings. The number of rotatable bonds is 8. The maximum absolute atomic E-state index is 13.1. The summed E-state index contributed by atoms with van der Waals surface area (Å²) in [7, 11) is -2.51. The second-order valence-electron chi connectivity index (χ2n) is 7.29. The number of benzene rings is 2. The first kappa shape index (κ1) is 25.0. The predicted molar refractivity (Wildman–Crippen MR) is 125 cm³/mol. The van der Waals surface area contributed by atoms with Crippen LogP contribution in [0.15, 0.2) is 41.3 Å². The number of carbonyl (C=O) groups is 2. The van der Waals surface area contributed by atoms with Crippen molar-refractivity contribution < 1.29 is 27.5 Å². The highest BCUT2D eigenvalue weighted by molar-refractivity contribution is 7.89. The van der Waals surface area contributed by atoms with Crippen molar-refractivity contribution in [3.8, 4) is 5.75 Å². The molecule has 2 amide bonds. The predicted octanol–water partition coefficient (Wildman–Crippen LogP) is 2.76. The van der Waals surface area contributed by atoms with Gasteiger partial charge in [-0.1, -0.05) is 18.5 Å². The van der Waals surface area contributed by atoms with Crippen LogP contribution in [0.25, 0.3) is 0 Å². The lowest BCUT2D eigenvalue weighted by molar-refractivity contribution is 0.0729. The third-order valence-corrected chi connectivity index (χ3v) is 7.25. The standard InChI is InChI=1S/C22H26ClN3O6S/c1-3-8-24-22(28)17-6-5-16(14-18(17)23)25-21(27)15-4-7-19(31-2)20(13-15)33(29,30)26-9-11-32-12-10-26/h4-7,13-14H,3,8-12H2,1-2H3,(H,24,28)(H,25,27). The fraction of sp³-hybridized carbons (Fsp3) is 0.364. The number of morpholine rings is 1. The van der Waals surface area contributed by atoms with Gasteiger partial charge < -0.3 is 20.1 Å². The third-order valence-electron chi connectivity index (χ3n) is 5.02. The van der Waals surface area contributed by atoms with E-state index >= 15 is 0 Å². The molecule has 0 aliphatic carbocycles. The van der Waals surface area contributed by atoms with Crippen molar-refractivity contribution in [2.75, 3.05) is 45.3 Å². The maximum atomic E-state index is 13.1. The van der Waals surface area contributed by atoms with Gasteiger partial charge in [0, 0.05) is 30.9 Å². The van der Waals surface area contributed by atoms with Crippen LogP contribution in [0, 0.1) is 0 Å². The van der Waals surface area contributed by atoms with Gasteiger partial charge in [0.1, 0.15) is 10.6 Å². The van der Waals surface area contributed by atoms with Crippen LogP contribution in [0.2, 0.25) is 5.02 Å². The molecule has 0 aromatic heterocycles. The molecule has 33 heavy (non-hydrogen) atoms. The van der Waals surface area contributed by atoms with Crippen LogP contribution < -0.4 is 15.4 Å². The Hall–Kier alpha value is -2.66. The minimum Gasteiger partial charge on any atom is -0.495 e. The van der Waals surface area contributed by atoms with Crippen molar-refractivity contribution in [2.24, 2.45) is 0 Å². The highest BCUT2D eigenvalue weighted by Crippen LogP contribution is 2.29. The zero-order valence-corrected chi connectivity index (χ0v) is 20.0. The molecule has 0 atom stereocenters. The quantitative estimate of drug-likeness (QED) is 0.582. The Balaban J connectivity index is 1.82. The first-order valence-corrected chi connectivity index (χ1v) is 12.2. The third kappa shape index (κ3) is 5.83. The monoisotopic (exact) mass is 495 g/mol. The Bertz CT molecular complexity index is 1130. The molecular formula is C22H26ClN3O6S. The van der Waals surface area contributed by atoms with Crippen molar-refractivity contribution in [3.05, 3.63) is 52.5 Å². The van der Waals surface area contributed by atoms with E-state index in [-0.39, 0.29) is 40.2 Å². The number of hydrogen-bond donors (Lipinski definition) is 2. The molecule has 1 aliphatic rings. The molecule has 2 N–H and O–H groups in total. The molecule has 1 aliphatic heterocycles. The van der Waals surface area contributed by atoms with E-state index in [1.807, 2.05) is 6.92 Å². The van der Waals surface area contributed by atoms with Gasteiger partial charge in [-0.05, 0) is 42.8 Å². The van der Waals surface area contributed by atoms with Crippen LogP contribution in [0.3, 0.4) is 0 Å². The lowest BCUT2D eigenvalue weighted by Gasteiger charge is -2.26. The number of nitrogens with one attached hydrogen (secondary N) is 2. The van der Waals surface area contributed by atoms with Gasteiger partial charge in [-0.2, -0.15) is 4.31 Å². The Morgan fingerprint density at radius 2 is 1.85 bits per heavy atom. The molecule has 2 aromatic carbocycles. The normalized spacial score (nSPS) is 14.5. The SMILES string of the molecule is CCCNC(=O)c1ccc(NC(=O)c2ccc(OC)c(S(=O)(=O)N3CCOCC3)c2)cc1Cl. The van der Waals surface area contributed by atoms with Gasteiger partial charge in [0.15, 0.2) is 0 Å². The Kier molecular flexibility index (Phi) is 8.30. The van der Waals surface area contributed by atoms with Gasteiger partial charge >= 0.3 is 0 Å². The van der Waals surface area contributed by atoms with Crippen LogP contribution in [-0.4, -0.2) is 64.5 Å². The van der Waals surface area contributed by atoms with Gasteiger partial charge in [0.05, 0.1) is 30.9 Å². The van der Waals surface area contributed by atoms with E-state index in [4.69, 9.17) is 21.1 Å². The summed E-state index contributed by atoms with van der Waals surface area (Å²) in [4.78, 5) is 24.9. The van der Waals surface area contributed by atoms with Crippen molar-refractivity contribution >= 4 is 39.1 Å². The van der Waals surface area contributed by atoms with Crippen LogP contribution >= 0.6 is 11.6 Å². The second-order valence-corrected chi connectivity index (χ2v) is 9.60. The average Bonchev–Trinajstić information content (AvgIpc) is 2.82. The van der Waals surface area contributed by atoms with Crippen molar-refractivity contribution in [1.82, 2.24) is 9.62 Å². The molecule has 2 aromatic rings. The van der Waals surface area contributed by atoms with Gasteiger partial charge in [-0.15, -0.1) is 0 Å². The van der Waals surface area contributed by atoms with Crippen LogP contribution in [0.1, 0.15) is 34.1 Å². The van der Waals surface area contributed by atoms with Crippen LogP contribution in [-0.2, 0) is 14.8 Å². The number of halogens is 1. The summed E-state index contributed by atoms with van der Waals surface area (Å²) in [5.41, 5.74) is 0.792. The summed E-state index contributed by atoms with van der Waals surface area (Å²) in [6, 6.07) is 8.74. The topological polar surface area (TPSA) is 114 Å². The molecule has 0 unspecified atom stereocenters. The first-order chi connectivity index (χ1) is 15.8. The summed E-state index contributed by atoms with van der Waals surface area (Å²) in [5, 5.41) is 5.61. The number of anilines is 1. The first-order valence-electron chi connectivity index (χ1n) is 10.4. The number of ether oxygens (including phenoxy) is 2. The molecule has 11 heteroatoms. The number of carbonyl (C=O) groups excluding carboxylic acids is 2. The summed E-state index contributed by atoms with van der Waals surface area (Å²) in [5.74, 6) is -0.688. The minimum absolute atomic E-state index is 0.0967. The molecule has 1 saturated heterocycles. The van der Waals surface area contributed by atoms with Crippen LogP contribution in [0.4, 0.5) is 5.69 Å². The molecule has 0 bridgehead atoms. The highest BCUT2D eigenvalue weighted by atomic mass is 35.5. The van der Waals surface area contributed by atoms with Crippen molar-refractivity contribution in [2.45, 2.75) is 18.2 Å². The van der Waals surface area contributed by atoms with E-state index in [1.165, 1.54) is 41.7 Å². The van der Waals surface area contributed by atoms with Gasteiger partial charge in [-0.3, -0.25) is 9.59 Å². The number of methoxy groups -OCH3 is 1. The van der Waals surface area contributed by atoms with Gasteiger partial charge in [-0.25, -0.2) is 8.42 Å². The van der Waals surface area contributed by atoms with E-state index in [0.29, 0.717) is 31.0 Å². The van der Waals surface area contributed by atoms with E-state index in [2.05, 4.69) is 10.6 Å². The zero-order chi connectivity index (χ0) is 24.0. The molecular weight excluding hydrogens is 470 g/mol. The molecule has 0 saturated carbocycles. The second kappa shape index (κ2) is 11.0. The lowest BCUT2D eigenvalue weighted by Crippen LogP contribution is -2.40. The molecule has 3 rings (SSSR count).